The first-order valence-electron chi connectivity index (χ1n) is 8.42. The molecule has 0 aliphatic heterocycles. The molecule has 2 nitrogen and oxygen atoms in total. The van der Waals surface area contributed by atoms with Crippen LogP contribution >= 0.6 is 11.3 Å². The van der Waals surface area contributed by atoms with Crippen molar-refractivity contribution in [1.82, 2.24) is 0 Å². The predicted octanol–water partition coefficient (Wildman–Crippen LogP) is 6.17. The molecule has 2 aromatic carbocycles. The fourth-order valence-electron chi connectivity index (χ4n) is 2.91. The number of benzene rings is 2. The average Bonchev–Trinajstić information content (AvgIpc) is 2.97. The highest BCUT2D eigenvalue weighted by atomic mass is 32.1. The van der Waals surface area contributed by atoms with Crippen LogP contribution in [-0.4, -0.2) is 12.2 Å². The van der Waals surface area contributed by atoms with Crippen LogP contribution < -0.4 is 5.32 Å². The zero-order valence-corrected chi connectivity index (χ0v) is 15.0. The van der Waals surface area contributed by atoms with Gasteiger partial charge in [-0.25, -0.2) is 0 Å². The van der Waals surface area contributed by atoms with E-state index in [4.69, 9.17) is 0 Å². The Labute approximate surface area is 147 Å². The molecule has 0 fully saturated rings. The van der Waals surface area contributed by atoms with Gasteiger partial charge >= 0.3 is 0 Å². The van der Waals surface area contributed by atoms with Crippen LogP contribution in [-0.2, 0) is 6.42 Å². The van der Waals surface area contributed by atoms with Gasteiger partial charge in [-0.05, 0) is 29.5 Å². The molecule has 0 atom stereocenters. The van der Waals surface area contributed by atoms with Gasteiger partial charge in [0.25, 0.3) is 0 Å². The number of thiophene rings is 1. The lowest BCUT2D eigenvalue weighted by Crippen LogP contribution is -1.89. The van der Waals surface area contributed by atoms with Gasteiger partial charge in [-0.15, -0.1) is 11.3 Å². The van der Waals surface area contributed by atoms with Crippen LogP contribution in [0.1, 0.15) is 25.3 Å². The van der Waals surface area contributed by atoms with Gasteiger partial charge in [-0.3, -0.25) is 0 Å². The maximum absolute atomic E-state index is 10.9. The molecule has 0 bridgehead atoms. The Morgan fingerprint density at radius 1 is 1.00 bits per heavy atom. The van der Waals surface area contributed by atoms with Crippen molar-refractivity contribution in [2.24, 2.45) is 0 Å². The zero-order valence-electron chi connectivity index (χ0n) is 14.2. The lowest BCUT2D eigenvalue weighted by molar-refractivity contribution is 0.481. The highest BCUT2D eigenvalue weighted by Crippen LogP contribution is 2.50. The van der Waals surface area contributed by atoms with Gasteiger partial charge < -0.3 is 10.4 Å². The molecule has 3 aromatic rings. The number of rotatable bonds is 6. The van der Waals surface area contributed by atoms with Crippen molar-refractivity contribution in [1.29, 1.82) is 0 Å². The zero-order chi connectivity index (χ0) is 16.9. The Morgan fingerprint density at radius 2 is 1.75 bits per heavy atom. The molecule has 0 aliphatic carbocycles. The van der Waals surface area contributed by atoms with Gasteiger partial charge in [0.05, 0.1) is 10.4 Å². The fraction of sp³-hybridized carbons (Fsp3) is 0.238. The molecule has 3 rings (SSSR count). The van der Waals surface area contributed by atoms with Crippen LogP contribution in [0.15, 0.2) is 54.6 Å². The molecule has 0 aliphatic rings. The van der Waals surface area contributed by atoms with Crippen LogP contribution in [0, 0.1) is 0 Å². The standard InChI is InChI=1S/C21H23NOS/c1-3-4-9-15-10-8-13-17(14-15)18-19(23)20(24-21(18)22-2)16-11-6-5-7-12-16/h5-8,10-14,22-23H,3-4,9H2,1-2H3. The van der Waals surface area contributed by atoms with Crippen molar-refractivity contribution in [2.45, 2.75) is 26.2 Å². The molecule has 2 N–H and O–H groups in total. The second kappa shape index (κ2) is 7.54. The molecule has 0 saturated carbocycles. The van der Waals surface area contributed by atoms with Crippen molar-refractivity contribution in [2.75, 3.05) is 12.4 Å². The SMILES string of the molecule is CCCCc1cccc(-c2c(NC)sc(-c3ccccc3)c2O)c1. The number of aromatic hydroxyl groups is 1. The first-order valence-corrected chi connectivity index (χ1v) is 9.24. The number of nitrogens with one attached hydrogen (secondary N) is 1. The van der Waals surface area contributed by atoms with Crippen molar-refractivity contribution in [3.05, 3.63) is 60.2 Å². The number of hydrogen-bond donors (Lipinski definition) is 2. The molecule has 0 spiro atoms. The summed E-state index contributed by atoms with van der Waals surface area (Å²) >= 11 is 1.60. The molecule has 24 heavy (non-hydrogen) atoms. The average molecular weight is 337 g/mol. The van der Waals surface area contributed by atoms with E-state index in [1.165, 1.54) is 18.4 Å². The molecular formula is C21H23NOS. The van der Waals surface area contributed by atoms with Gasteiger partial charge in [-0.2, -0.15) is 0 Å². The fourth-order valence-corrected chi connectivity index (χ4v) is 3.99. The summed E-state index contributed by atoms with van der Waals surface area (Å²) in [5.41, 5.74) is 4.34. The molecule has 3 heteroatoms. The molecule has 0 saturated heterocycles. The number of aryl methyl sites for hydroxylation is 1. The number of anilines is 1. The quantitative estimate of drug-likeness (QED) is 0.563. The van der Waals surface area contributed by atoms with E-state index in [1.54, 1.807) is 11.3 Å². The molecule has 1 heterocycles. The van der Waals surface area contributed by atoms with Gasteiger partial charge in [0.2, 0.25) is 0 Å². The van der Waals surface area contributed by atoms with E-state index in [-0.39, 0.29) is 0 Å². The van der Waals surface area contributed by atoms with Crippen molar-refractivity contribution >= 4 is 16.3 Å². The Morgan fingerprint density at radius 3 is 2.46 bits per heavy atom. The van der Waals surface area contributed by atoms with Crippen molar-refractivity contribution in [3.63, 3.8) is 0 Å². The first kappa shape index (κ1) is 16.6. The van der Waals surface area contributed by atoms with Gasteiger partial charge in [0.15, 0.2) is 0 Å². The van der Waals surface area contributed by atoms with E-state index in [0.29, 0.717) is 5.75 Å². The number of unbranched alkanes of at least 4 members (excludes halogenated alkanes) is 1. The van der Waals surface area contributed by atoms with Crippen molar-refractivity contribution in [3.8, 4) is 27.3 Å². The lowest BCUT2D eigenvalue weighted by Gasteiger charge is -2.07. The summed E-state index contributed by atoms with van der Waals surface area (Å²) in [6.07, 6.45) is 3.46. The summed E-state index contributed by atoms with van der Waals surface area (Å²) in [6.45, 7) is 2.21. The van der Waals surface area contributed by atoms with Gasteiger partial charge in [0.1, 0.15) is 10.8 Å². The smallest absolute Gasteiger partial charge is 0.144 e. The maximum atomic E-state index is 10.9. The van der Waals surface area contributed by atoms with E-state index >= 15 is 0 Å². The molecule has 0 amide bonds. The first-order chi connectivity index (χ1) is 11.7. The predicted molar refractivity (Wildman–Crippen MR) is 105 cm³/mol. The van der Waals surface area contributed by atoms with Crippen LogP contribution in [0.25, 0.3) is 21.6 Å². The second-order valence-corrected chi connectivity index (χ2v) is 6.92. The maximum Gasteiger partial charge on any atom is 0.144 e. The Balaban J connectivity index is 2.06. The summed E-state index contributed by atoms with van der Waals surface area (Å²) in [5, 5.41) is 15.1. The van der Waals surface area contributed by atoms with E-state index in [0.717, 1.165) is 33.0 Å². The normalized spacial score (nSPS) is 10.8. The molecule has 0 radical (unpaired) electrons. The minimum atomic E-state index is 0.364. The highest BCUT2D eigenvalue weighted by Gasteiger charge is 2.19. The minimum absolute atomic E-state index is 0.364. The third-order valence-electron chi connectivity index (χ3n) is 4.18. The van der Waals surface area contributed by atoms with Crippen LogP contribution in [0.4, 0.5) is 5.00 Å². The second-order valence-electron chi connectivity index (χ2n) is 5.90. The monoisotopic (exact) mass is 337 g/mol. The third kappa shape index (κ3) is 3.31. The van der Waals surface area contributed by atoms with Gasteiger partial charge in [-0.1, -0.05) is 67.9 Å². The summed E-state index contributed by atoms with van der Waals surface area (Å²) < 4.78 is 0. The van der Waals surface area contributed by atoms with E-state index in [2.05, 4.69) is 36.5 Å². The third-order valence-corrected chi connectivity index (χ3v) is 5.43. The number of hydrogen-bond acceptors (Lipinski definition) is 3. The van der Waals surface area contributed by atoms with Crippen LogP contribution in [0.3, 0.4) is 0 Å². The summed E-state index contributed by atoms with van der Waals surface area (Å²) in [5.74, 6) is 0.364. The Kier molecular flexibility index (Phi) is 5.21. The van der Waals surface area contributed by atoms with Crippen LogP contribution in [0.2, 0.25) is 0 Å². The summed E-state index contributed by atoms with van der Waals surface area (Å²) in [6, 6.07) is 18.6. The summed E-state index contributed by atoms with van der Waals surface area (Å²) in [7, 11) is 1.91. The lowest BCUT2D eigenvalue weighted by atomic mass is 10.0. The molecular weight excluding hydrogens is 314 g/mol. The van der Waals surface area contributed by atoms with E-state index in [1.807, 2.05) is 37.4 Å². The largest absolute Gasteiger partial charge is 0.506 e. The Bertz CT molecular complexity index is 808. The van der Waals surface area contributed by atoms with Crippen LogP contribution in [0.5, 0.6) is 5.75 Å². The molecule has 124 valence electrons. The van der Waals surface area contributed by atoms with Crippen molar-refractivity contribution < 1.29 is 5.11 Å². The minimum Gasteiger partial charge on any atom is -0.506 e. The Hall–Kier alpha value is -2.26. The van der Waals surface area contributed by atoms with E-state index < -0.39 is 0 Å². The topological polar surface area (TPSA) is 32.3 Å². The highest BCUT2D eigenvalue weighted by molar-refractivity contribution is 7.20. The van der Waals surface area contributed by atoms with E-state index in [9.17, 15) is 5.11 Å². The summed E-state index contributed by atoms with van der Waals surface area (Å²) in [4.78, 5) is 0.911. The van der Waals surface area contributed by atoms with Gasteiger partial charge in [0, 0.05) is 7.05 Å². The molecule has 0 unspecified atom stereocenters. The molecule has 1 aromatic heterocycles.